The molecule has 26 heavy (non-hydrogen) atoms. The normalized spacial score (nSPS) is 16.3. The maximum absolute atomic E-state index is 12.7. The minimum absolute atomic E-state index is 0.0196. The van der Waals surface area contributed by atoms with Gasteiger partial charge in [-0.2, -0.15) is 0 Å². The number of anilines is 1. The van der Waals surface area contributed by atoms with Gasteiger partial charge in [0.15, 0.2) is 0 Å². The van der Waals surface area contributed by atoms with Crippen LogP contribution in [0.2, 0.25) is 0 Å². The molecule has 136 valence electrons. The lowest BCUT2D eigenvalue weighted by Gasteiger charge is -2.12. The van der Waals surface area contributed by atoms with Crippen LogP contribution in [0.25, 0.3) is 5.69 Å². The molecular weight excluding hydrogens is 334 g/mol. The molecule has 7 nitrogen and oxygen atoms in total. The first kappa shape index (κ1) is 17.9. The second-order valence-corrected chi connectivity index (χ2v) is 6.17. The number of rotatable bonds is 5. The fourth-order valence-corrected chi connectivity index (χ4v) is 2.89. The van der Waals surface area contributed by atoms with Gasteiger partial charge in [-0.1, -0.05) is 0 Å². The van der Waals surface area contributed by atoms with Crippen molar-refractivity contribution in [1.29, 1.82) is 0 Å². The average Bonchev–Trinajstić information content (AvgIpc) is 3.14. The number of carbonyl (C=O) groups is 2. The van der Waals surface area contributed by atoms with Crippen LogP contribution in [0, 0.1) is 0 Å². The molecule has 0 radical (unpaired) electrons. The van der Waals surface area contributed by atoms with Crippen molar-refractivity contribution < 1.29 is 14.3 Å². The Morgan fingerprint density at radius 2 is 2.00 bits per heavy atom. The van der Waals surface area contributed by atoms with Gasteiger partial charge in [0.2, 0.25) is 5.91 Å². The van der Waals surface area contributed by atoms with E-state index in [1.807, 2.05) is 0 Å². The van der Waals surface area contributed by atoms with Gasteiger partial charge in [-0.15, -0.1) is 0 Å². The lowest BCUT2D eigenvalue weighted by molar-refractivity contribution is -0.114. The zero-order valence-electron chi connectivity index (χ0n) is 14.5. The van der Waals surface area contributed by atoms with Crippen LogP contribution in [0.1, 0.15) is 30.1 Å². The highest BCUT2D eigenvalue weighted by Gasteiger charge is 2.18. The number of hydrogen-bond donors (Lipinski definition) is 2. The second-order valence-electron chi connectivity index (χ2n) is 6.17. The van der Waals surface area contributed by atoms with Gasteiger partial charge in [-0.25, -0.2) is 0 Å². The molecule has 3 rings (SSSR count). The van der Waals surface area contributed by atoms with Crippen molar-refractivity contribution in [2.24, 2.45) is 0 Å². The smallest absolute Gasteiger partial charge is 0.267 e. The number of pyridine rings is 1. The third-order valence-corrected chi connectivity index (χ3v) is 4.17. The Labute approximate surface area is 151 Å². The van der Waals surface area contributed by atoms with E-state index in [9.17, 15) is 14.4 Å². The largest absolute Gasteiger partial charge is 0.376 e. The van der Waals surface area contributed by atoms with Crippen molar-refractivity contribution in [2.45, 2.75) is 25.9 Å². The summed E-state index contributed by atoms with van der Waals surface area (Å²) in [4.78, 5) is 36.1. The van der Waals surface area contributed by atoms with Crippen LogP contribution in [0.3, 0.4) is 0 Å². The van der Waals surface area contributed by atoms with Crippen LogP contribution in [-0.4, -0.2) is 35.6 Å². The number of nitrogens with zero attached hydrogens (tertiary/aromatic N) is 1. The van der Waals surface area contributed by atoms with Crippen LogP contribution >= 0.6 is 0 Å². The van der Waals surface area contributed by atoms with Crippen molar-refractivity contribution in [1.82, 2.24) is 9.88 Å². The van der Waals surface area contributed by atoms with Crippen LogP contribution in [-0.2, 0) is 9.53 Å². The number of amides is 2. The Balaban J connectivity index is 1.77. The van der Waals surface area contributed by atoms with Gasteiger partial charge in [-0.05, 0) is 49.2 Å². The van der Waals surface area contributed by atoms with Gasteiger partial charge in [-0.3, -0.25) is 19.0 Å². The van der Waals surface area contributed by atoms with Crippen LogP contribution in [0.15, 0.2) is 47.4 Å². The number of ether oxygens (including phenoxy) is 1. The topological polar surface area (TPSA) is 89.4 Å². The molecule has 1 saturated heterocycles. The lowest BCUT2D eigenvalue weighted by Crippen LogP contribution is -2.36. The Hall–Kier alpha value is -2.93. The number of nitrogens with one attached hydrogen (secondary N) is 2. The molecule has 0 aliphatic carbocycles. The first-order valence-corrected chi connectivity index (χ1v) is 8.54. The molecule has 0 saturated carbocycles. The summed E-state index contributed by atoms with van der Waals surface area (Å²) < 4.78 is 6.87. The molecule has 2 aromatic rings. The van der Waals surface area contributed by atoms with Crippen molar-refractivity contribution in [3.63, 3.8) is 0 Å². The molecule has 0 bridgehead atoms. The average molecular weight is 355 g/mol. The third-order valence-electron chi connectivity index (χ3n) is 4.17. The van der Waals surface area contributed by atoms with E-state index >= 15 is 0 Å². The van der Waals surface area contributed by atoms with Crippen molar-refractivity contribution in [3.05, 3.63) is 58.5 Å². The van der Waals surface area contributed by atoms with Gasteiger partial charge in [0.25, 0.3) is 11.5 Å². The number of benzene rings is 1. The van der Waals surface area contributed by atoms with E-state index in [4.69, 9.17) is 4.74 Å². The summed E-state index contributed by atoms with van der Waals surface area (Å²) in [6.07, 6.45) is 3.53. The van der Waals surface area contributed by atoms with Crippen LogP contribution in [0.5, 0.6) is 0 Å². The molecule has 1 unspecified atom stereocenters. The molecule has 1 aliphatic rings. The zero-order valence-corrected chi connectivity index (χ0v) is 14.5. The minimum Gasteiger partial charge on any atom is -0.376 e. The highest BCUT2D eigenvalue weighted by molar-refractivity contribution is 5.93. The van der Waals surface area contributed by atoms with E-state index in [0.717, 1.165) is 12.8 Å². The minimum atomic E-state index is -0.408. The summed E-state index contributed by atoms with van der Waals surface area (Å²) >= 11 is 0. The fourth-order valence-electron chi connectivity index (χ4n) is 2.89. The first-order chi connectivity index (χ1) is 12.5. The monoisotopic (exact) mass is 355 g/mol. The predicted molar refractivity (Wildman–Crippen MR) is 97.6 cm³/mol. The number of hydrogen-bond acceptors (Lipinski definition) is 4. The molecule has 2 N–H and O–H groups in total. The van der Waals surface area contributed by atoms with E-state index in [2.05, 4.69) is 10.6 Å². The molecule has 1 atom stereocenters. The molecule has 2 heterocycles. The van der Waals surface area contributed by atoms with Gasteiger partial charge in [0, 0.05) is 37.6 Å². The van der Waals surface area contributed by atoms with Gasteiger partial charge < -0.3 is 15.4 Å². The summed E-state index contributed by atoms with van der Waals surface area (Å²) in [5, 5.41) is 5.44. The Morgan fingerprint density at radius 3 is 2.65 bits per heavy atom. The van der Waals surface area contributed by atoms with Gasteiger partial charge >= 0.3 is 0 Å². The molecule has 1 fully saturated rings. The van der Waals surface area contributed by atoms with E-state index in [1.165, 1.54) is 17.6 Å². The molecule has 0 spiro atoms. The fraction of sp³-hybridized carbons (Fsp3) is 0.316. The maximum atomic E-state index is 12.7. The Morgan fingerprint density at radius 1 is 1.23 bits per heavy atom. The second kappa shape index (κ2) is 7.97. The Bertz CT molecular complexity index is 852. The molecule has 1 aromatic heterocycles. The summed E-state index contributed by atoms with van der Waals surface area (Å²) in [5.41, 5.74) is 0.929. The molecular formula is C19H21N3O4. The first-order valence-electron chi connectivity index (χ1n) is 8.54. The maximum Gasteiger partial charge on any atom is 0.267 e. The SMILES string of the molecule is CC(=O)Nc1ccc(-n2cccc(C(=O)NCC3CCCO3)c2=O)cc1. The zero-order chi connectivity index (χ0) is 18.5. The predicted octanol–water partition coefficient (Wildman–Crippen LogP) is 1.70. The summed E-state index contributed by atoms with van der Waals surface area (Å²) in [5.74, 6) is -0.574. The Kier molecular flexibility index (Phi) is 5.48. The van der Waals surface area contributed by atoms with Crippen LogP contribution in [0.4, 0.5) is 5.69 Å². The molecule has 2 amide bonds. The van der Waals surface area contributed by atoms with Crippen LogP contribution < -0.4 is 16.2 Å². The van der Waals surface area contributed by atoms with E-state index < -0.39 is 11.5 Å². The molecule has 1 aliphatic heterocycles. The highest BCUT2D eigenvalue weighted by Crippen LogP contribution is 2.13. The van der Waals surface area contributed by atoms with Crippen molar-refractivity contribution >= 4 is 17.5 Å². The van der Waals surface area contributed by atoms with Gasteiger partial charge in [0.1, 0.15) is 5.56 Å². The quantitative estimate of drug-likeness (QED) is 0.854. The number of carbonyl (C=O) groups excluding carboxylic acids is 2. The van der Waals surface area contributed by atoms with Gasteiger partial charge in [0.05, 0.1) is 6.10 Å². The van der Waals surface area contributed by atoms with E-state index in [-0.39, 0.29) is 17.6 Å². The standard InChI is InChI=1S/C19H21N3O4/c1-13(23)21-14-6-8-15(9-7-14)22-10-2-5-17(19(22)25)18(24)20-12-16-4-3-11-26-16/h2,5-10,16H,3-4,11-12H2,1H3,(H,20,24)(H,21,23). The highest BCUT2D eigenvalue weighted by atomic mass is 16.5. The van der Waals surface area contributed by atoms with Crippen molar-refractivity contribution in [3.8, 4) is 5.69 Å². The van der Waals surface area contributed by atoms with E-state index in [1.54, 1.807) is 36.5 Å². The summed E-state index contributed by atoms with van der Waals surface area (Å²) in [6.45, 7) is 2.54. The third kappa shape index (κ3) is 4.18. The lowest BCUT2D eigenvalue weighted by atomic mass is 10.2. The molecule has 1 aromatic carbocycles. The number of aromatic nitrogens is 1. The summed E-state index contributed by atoms with van der Waals surface area (Å²) in [7, 11) is 0. The van der Waals surface area contributed by atoms with Crippen molar-refractivity contribution in [2.75, 3.05) is 18.5 Å². The van der Waals surface area contributed by atoms with E-state index in [0.29, 0.717) is 24.5 Å². The summed E-state index contributed by atoms with van der Waals surface area (Å²) in [6, 6.07) is 9.99. The molecule has 7 heteroatoms.